The van der Waals surface area contributed by atoms with E-state index in [-0.39, 0.29) is 5.69 Å². The van der Waals surface area contributed by atoms with Crippen LogP contribution in [-0.2, 0) is 19.5 Å². The Kier molecular flexibility index (Phi) is 3.65. The fraction of sp³-hybridized carbons (Fsp3) is 0.250. The van der Waals surface area contributed by atoms with Gasteiger partial charge in [0.25, 0.3) is 0 Å². The van der Waals surface area contributed by atoms with Crippen molar-refractivity contribution >= 4 is 33.5 Å². The summed E-state index contributed by atoms with van der Waals surface area (Å²) in [7, 11) is 0. The van der Waals surface area contributed by atoms with Crippen LogP contribution in [0.5, 0.6) is 0 Å². The van der Waals surface area contributed by atoms with Crippen molar-refractivity contribution < 1.29 is 0 Å². The minimum absolute atomic E-state index is 0.0782. The summed E-state index contributed by atoms with van der Waals surface area (Å²) in [5.41, 5.74) is 5.56. The average Bonchev–Trinajstić information content (AvgIpc) is 3.16. The molecule has 0 unspecified atom stereocenters. The Morgan fingerprint density at radius 3 is 2.85 bits per heavy atom. The lowest BCUT2D eigenvalue weighted by molar-refractivity contribution is 0.242. The molecule has 2 N–H and O–H groups in total. The maximum atomic E-state index is 12.3. The van der Waals surface area contributed by atoms with E-state index < -0.39 is 0 Å². The smallest absolute Gasteiger partial charge is 0.326 e. The highest BCUT2D eigenvalue weighted by Gasteiger charge is 2.20. The topological polar surface area (TPSA) is 56.8 Å². The van der Waals surface area contributed by atoms with Crippen molar-refractivity contribution in [2.45, 2.75) is 19.5 Å². The molecule has 0 aliphatic carbocycles. The minimum atomic E-state index is -0.0782. The van der Waals surface area contributed by atoms with Gasteiger partial charge in [-0.05, 0) is 36.2 Å². The van der Waals surface area contributed by atoms with Crippen LogP contribution in [-0.4, -0.2) is 32.5 Å². The fourth-order valence-corrected chi connectivity index (χ4v) is 4.20. The lowest BCUT2D eigenvalue weighted by Crippen LogP contribution is -2.34. The molecule has 2 aromatic carbocycles. The number of nitrogens with zero attached hydrogens (tertiary/aromatic N) is 2. The second kappa shape index (κ2) is 6.04. The van der Waals surface area contributed by atoms with E-state index in [4.69, 9.17) is 11.6 Å². The molecule has 0 radical (unpaired) electrons. The number of nitrogens with one attached hydrogen (secondary N) is 2. The van der Waals surface area contributed by atoms with Crippen LogP contribution in [0.4, 0.5) is 0 Å². The van der Waals surface area contributed by atoms with Gasteiger partial charge in [-0.3, -0.25) is 9.47 Å². The lowest BCUT2D eigenvalue weighted by Gasteiger charge is -2.27. The monoisotopic (exact) mass is 366 g/mol. The number of aromatic amines is 2. The molecule has 2 aromatic heterocycles. The van der Waals surface area contributed by atoms with Gasteiger partial charge in [-0.1, -0.05) is 29.8 Å². The molecule has 0 atom stereocenters. The molecule has 5 rings (SSSR count). The lowest BCUT2D eigenvalue weighted by atomic mass is 10.0. The van der Waals surface area contributed by atoms with Gasteiger partial charge < -0.3 is 9.97 Å². The summed E-state index contributed by atoms with van der Waals surface area (Å²) in [5.74, 6) is 0. The first-order valence-corrected chi connectivity index (χ1v) is 9.26. The summed E-state index contributed by atoms with van der Waals surface area (Å²) < 4.78 is 1.78. The highest BCUT2D eigenvalue weighted by atomic mass is 35.5. The van der Waals surface area contributed by atoms with E-state index >= 15 is 0 Å². The predicted octanol–water partition coefficient (Wildman–Crippen LogP) is 3.52. The number of hydrogen-bond acceptors (Lipinski definition) is 2. The largest absolute Gasteiger partial charge is 0.357 e. The van der Waals surface area contributed by atoms with Crippen LogP contribution in [0.2, 0.25) is 5.02 Å². The van der Waals surface area contributed by atoms with E-state index in [1.54, 1.807) is 10.6 Å². The third kappa shape index (κ3) is 2.55. The van der Waals surface area contributed by atoms with E-state index in [9.17, 15) is 4.79 Å². The minimum Gasteiger partial charge on any atom is -0.357 e. The van der Waals surface area contributed by atoms with Crippen molar-refractivity contribution in [2.75, 3.05) is 13.1 Å². The number of rotatable bonds is 3. The Labute approximate surface area is 155 Å². The van der Waals surface area contributed by atoms with Gasteiger partial charge in [0.15, 0.2) is 0 Å². The molecular formula is C20H19ClN4O. The van der Waals surface area contributed by atoms with E-state index in [0.29, 0.717) is 11.6 Å². The zero-order valence-electron chi connectivity index (χ0n) is 14.3. The Balaban J connectivity index is 1.38. The molecule has 5 nitrogen and oxygen atoms in total. The zero-order valence-corrected chi connectivity index (χ0v) is 15.0. The van der Waals surface area contributed by atoms with Crippen LogP contribution in [0, 0.1) is 0 Å². The Bertz CT molecular complexity index is 1170. The quantitative estimate of drug-likeness (QED) is 0.583. The summed E-state index contributed by atoms with van der Waals surface area (Å²) in [6.07, 6.45) is 1.04. The SMILES string of the molecule is O=c1[nH]c2ccc(Cl)cc2n1CCN1CCc2c([nH]c3ccccc23)C1. The first kappa shape index (κ1) is 15.7. The van der Waals surface area contributed by atoms with Crippen LogP contribution in [0.15, 0.2) is 47.3 Å². The van der Waals surface area contributed by atoms with Crippen LogP contribution in [0.3, 0.4) is 0 Å². The van der Waals surface area contributed by atoms with E-state index in [0.717, 1.165) is 37.1 Å². The van der Waals surface area contributed by atoms with Gasteiger partial charge in [0.1, 0.15) is 0 Å². The molecule has 0 bridgehead atoms. The van der Waals surface area contributed by atoms with Crippen LogP contribution in [0.1, 0.15) is 11.3 Å². The number of benzene rings is 2. The van der Waals surface area contributed by atoms with Crippen LogP contribution in [0.25, 0.3) is 21.9 Å². The van der Waals surface area contributed by atoms with Crippen molar-refractivity contribution in [2.24, 2.45) is 0 Å². The first-order valence-electron chi connectivity index (χ1n) is 8.88. The molecule has 0 spiro atoms. The third-order valence-corrected chi connectivity index (χ3v) is 5.57. The van der Waals surface area contributed by atoms with Gasteiger partial charge in [-0.25, -0.2) is 4.79 Å². The van der Waals surface area contributed by atoms with Crippen LogP contribution >= 0.6 is 11.6 Å². The summed E-state index contributed by atoms with van der Waals surface area (Å²) in [6, 6.07) is 14.0. The molecule has 0 fully saturated rings. The van der Waals surface area contributed by atoms with Gasteiger partial charge in [0.05, 0.1) is 11.0 Å². The van der Waals surface area contributed by atoms with Crippen molar-refractivity contribution in [3.8, 4) is 0 Å². The van der Waals surface area contributed by atoms with E-state index in [1.165, 1.54) is 22.2 Å². The third-order valence-electron chi connectivity index (χ3n) is 5.34. The standard InChI is InChI=1S/C20H19ClN4O/c21-13-5-6-17-19(11-13)25(20(26)23-17)10-9-24-8-7-15-14-3-1-2-4-16(14)22-18(15)12-24/h1-6,11,22H,7-10,12H2,(H,23,26). The summed E-state index contributed by atoms with van der Waals surface area (Å²) in [4.78, 5) is 21.1. The van der Waals surface area contributed by atoms with Gasteiger partial charge in [0, 0.05) is 47.8 Å². The van der Waals surface area contributed by atoms with Crippen molar-refractivity contribution in [1.29, 1.82) is 0 Å². The number of hydrogen-bond donors (Lipinski definition) is 2. The van der Waals surface area contributed by atoms with Gasteiger partial charge >= 0.3 is 5.69 Å². The van der Waals surface area contributed by atoms with E-state index in [1.807, 2.05) is 12.1 Å². The Hall–Kier alpha value is -2.50. The highest BCUT2D eigenvalue weighted by Crippen LogP contribution is 2.27. The Morgan fingerprint density at radius 1 is 1.04 bits per heavy atom. The number of para-hydroxylation sites is 1. The van der Waals surface area contributed by atoms with Gasteiger partial charge in [-0.15, -0.1) is 0 Å². The van der Waals surface area contributed by atoms with Crippen LogP contribution < -0.4 is 5.69 Å². The summed E-state index contributed by atoms with van der Waals surface area (Å²) in [6.45, 7) is 3.37. The molecule has 26 heavy (non-hydrogen) atoms. The van der Waals surface area contributed by atoms with Gasteiger partial charge in [0.2, 0.25) is 0 Å². The number of imidazole rings is 1. The number of halogens is 1. The maximum Gasteiger partial charge on any atom is 0.326 e. The summed E-state index contributed by atoms with van der Waals surface area (Å²) >= 11 is 6.10. The second-order valence-electron chi connectivity index (χ2n) is 6.90. The normalized spacial score (nSPS) is 15.0. The Morgan fingerprint density at radius 2 is 1.92 bits per heavy atom. The summed E-state index contributed by atoms with van der Waals surface area (Å²) in [5, 5.41) is 1.98. The fourth-order valence-electron chi connectivity index (χ4n) is 4.03. The predicted molar refractivity (Wildman–Crippen MR) is 105 cm³/mol. The van der Waals surface area contributed by atoms with Crippen molar-refractivity contribution in [3.63, 3.8) is 0 Å². The zero-order chi connectivity index (χ0) is 17.7. The average molecular weight is 367 g/mol. The molecule has 0 saturated heterocycles. The first-order chi connectivity index (χ1) is 12.7. The number of fused-ring (bicyclic) bond motifs is 4. The van der Waals surface area contributed by atoms with Crippen molar-refractivity contribution in [1.82, 2.24) is 19.4 Å². The molecule has 132 valence electrons. The highest BCUT2D eigenvalue weighted by molar-refractivity contribution is 6.31. The number of aromatic nitrogens is 3. The number of H-pyrrole nitrogens is 2. The second-order valence-corrected chi connectivity index (χ2v) is 7.33. The van der Waals surface area contributed by atoms with Crippen molar-refractivity contribution in [3.05, 3.63) is 69.2 Å². The molecule has 3 heterocycles. The molecule has 0 amide bonds. The molecule has 4 aromatic rings. The molecule has 1 aliphatic heterocycles. The van der Waals surface area contributed by atoms with Gasteiger partial charge in [-0.2, -0.15) is 0 Å². The molecular weight excluding hydrogens is 348 g/mol. The van der Waals surface area contributed by atoms with E-state index in [2.05, 4.69) is 39.1 Å². The molecule has 1 aliphatic rings. The molecule has 6 heteroatoms. The molecule has 0 saturated carbocycles. The maximum absolute atomic E-state index is 12.3.